The Labute approximate surface area is 120 Å². The second-order valence-corrected chi connectivity index (χ2v) is 6.30. The van der Waals surface area contributed by atoms with Crippen molar-refractivity contribution >= 4 is 11.6 Å². The number of nitrogens with one attached hydrogen (secondary N) is 1. The predicted octanol–water partition coefficient (Wildman–Crippen LogP) is 4.08. The van der Waals surface area contributed by atoms with Gasteiger partial charge in [0.1, 0.15) is 0 Å². The third-order valence-electron chi connectivity index (χ3n) is 2.97. The van der Waals surface area contributed by atoms with Gasteiger partial charge in [-0.2, -0.15) is 0 Å². The third kappa shape index (κ3) is 4.41. The van der Waals surface area contributed by atoms with Crippen molar-refractivity contribution in [1.29, 1.82) is 0 Å². The molecule has 2 rings (SSSR count). The zero-order valence-corrected chi connectivity index (χ0v) is 12.5. The first-order valence-corrected chi connectivity index (χ1v) is 6.95. The van der Waals surface area contributed by atoms with E-state index in [2.05, 4.69) is 55.1 Å². The van der Waals surface area contributed by atoms with Crippen LogP contribution in [0.2, 0.25) is 5.02 Å². The van der Waals surface area contributed by atoms with E-state index in [0.29, 0.717) is 0 Å². The van der Waals surface area contributed by atoms with Crippen LogP contribution in [-0.2, 0) is 13.1 Å². The molecule has 19 heavy (non-hydrogen) atoms. The van der Waals surface area contributed by atoms with Crippen molar-refractivity contribution in [2.75, 3.05) is 0 Å². The van der Waals surface area contributed by atoms with Crippen molar-refractivity contribution in [3.05, 3.63) is 58.9 Å². The number of benzene rings is 1. The number of halogens is 1. The van der Waals surface area contributed by atoms with E-state index in [0.717, 1.165) is 18.1 Å². The Hall–Kier alpha value is -1.25. The highest BCUT2D eigenvalue weighted by molar-refractivity contribution is 6.30. The number of aromatic nitrogens is 1. The van der Waals surface area contributed by atoms with Crippen molar-refractivity contribution in [2.24, 2.45) is 0 Å². The van der Waals surface area contributed by atoms with E-state index in [1.165, 1.54) is 11.3 Å². The number of rotatable bonds is 4. The van der Waals surface area contributed by atoms with Gasteiger partial charge in [-0.15, -0.1) is 0 Å². The van der Waals surface area contributed by atoms with Gasteiger partial charge in [-0.05, 0) is 50.6 Å². The van der Waals surface area contributed by atoms with E-state index < -0.39 is 0 Å². The van der Waals surface area contributed by atoms with Gasteiger partial charge in [0.05, 0.1) is 0 Å². The van der Waals surface area contributed by atoms with Gasteiger partial charge in [0.15, 0.2) is 0 Å². The summed E-state index contributed by atoms with van der Waals surface area (Å²) >= 11 is 6.02. The standard InChI is InChI=1S/C16H21ClN2/c1-16(2,3)18-11-15-8-5-9-19(15)12-13-6-4-7-14(17)10-13/h4-10,18H,11-12H2,1-3H3. The normalized spacial score (nSPS) is 11.8. The lowest BCUT2D eigenvalue weighted by Gasteiger charge is -2.21. The molecule has 2 nitrogen and oxygen atoms in total. The Balaban J connectivity index is 2.07. The molecule has 1 aromatic carbocycles. The molecular weight excluding hydrogens is 256 g/mol. The van der Waals surface area contributed by atoms with Crippen LogP contribution in [0.5, 0.6) is 0 Å². The molecule has 0 atom stereocenters. The smallest absolute Gasteiger partial charge is 0.0473 e. The number of hydrogen-bond donors (Lipinski definition) is 1. The summed E-state index contributed by atoms with van der Waals surface area (Å²) in [6.07, 6.45) is 2.11. The van der Waals surface area contributed by atoms with Crippen LogP contribution in [0.15, 0.2) is 42.6 Å². The first-order valence-electron chi connectivity index (χ1n) is 6.57. The molecule has 1 heterocycles. The van der Waals surface area contributed by atoms with E-state index in [4.69, 9.17) is 11.6 Å². The lowest BCUT2D eigenvalue weighted by atomic mass is 10.1. The molecule has 0 amide bonds. The van der Waals surface area contributed by atoms with Crippen LogP contribution in [0.25, 0.3) is 0 Å². The van der Waals surface area contributed by atoms with E-state index in [9.17, 15) is 0 Å². The van der Waals surface area contributed by atoms with Crippen molar-refractivity contribution in [1.82, 2.24) is 9.88 Å². The molecule has 1 aromatic heterocycles. The van der Waals surface area contributed by atoms with Gasteiger partial charge < -0.3 is 9.88 Å². The summed E-state index contributed by atoms with van der Waals surface area (Å²) in [5.41, 5.74) is 2.64. The number of hydrogen-bond acceptors (Lipinski definition) is 1. The fourth-order valence-corrected chi connectivity index (χ4v) is 2.16. The molecule has 1 N–H and O–H groups in total. The molecular formula is C16H21ClN2. The van der Waals surface area contributed by atoms with E-state index in [-0.39, 0.29) is 5.54 Å². The quantitative estimate of drug-likeness (QED) is 0.890. The fourth-order valence-electron chi connectivity index (χ4n) is 1.95. The van der Waals surface area contributed by atoms with Gasteiger partial charge in [-0.25, -0.2) is 0 Å². The van der Waals surface area contributed by atoms with Crippen LogP contribution >= 0.6 is 11.6 Å². The summed E-state index contributed by atoms with van der Waals surface area (Å²) in [5, 5.41) is 4.31. The molecule has 102 valence electrons. The average Bonchev–Trinajstić information content (AvgIpc) is 2.73. The highest BCUT2D eigenvalue weighted by Gasteiger charge is 2.10. The lowest BCUT2D eigenvalue weighted by Crippen LogP contribution is -2.35. The first kappa shape index (κ1) is 14.2. The largest absolute Gasteiger partial charge is 0.346 e. The molecule has 0 saturated heterocycles. The van der Waals surface area contributed by atoms with E-state index >= 15 is 0 Å². The average molecular weight is 277 g/mol. The molecule has 0 saturated carbocycles. The summed E-state index contributed by atoms with van der Waals surface area (Å²) in [4.78, 5) is 0. The highest BCUT2D eigenvalue weighted by Crippen LogP contribution is 2.14. The Kier molecular flexibility index (Phi) is 4.33. The van der Waals surface area contributed by atoms with Gasteiger partial charge in [0, 0.05) is 35.5 Å². The molecule has 0 fully saturated rings. The van der Waals surface area contributed by atoms with Gasteiger partial charge in [0.25, 0.3) is 0 Å². The summed E-state index contributed by atoms with van der Waals surface area (Å²) in [7, 11) is 0. The zero-order valence-electron chi connectivity index (χ0n) is 11.8. The van der Waals surface area contributed by atoms with Crippen molar-refractivity contribution < 1.29 is 0 Å². The number of nitrogens with zero attached hydrogens (tertiary/aromatic N) is 1. The maximum absolute atomic E-state index is 6.02. The molecule has 3 heteroatoms. The first-order chi connectivity index (χ1) is 8.94. The van der Waals surface area contributed by atoms with Gasteiger partial charge in [-0.3, -0.25) is 0 Å². The summed E-state index contributed by atoms with van der Waals surface area (Å²) < 4.78 is 2.25. The maximum atomic E-state index is 6.02. The fraction of sp³-hybridized carbons (Fsp3) is 0.375. The maximum Gasteiger partial charge on any atom is 0.0473 e. The van der Waals surface area contributed by atoms with Crippen LogP contribution in [0, 0.1) is 0 Å². The monoisotopic (exact) mass is 276 g/mol. The summed E-state index contributed by atoms with van der Waals surface area (Å²) in [5.74, 6) is 0. The lowest BCUT2D eigenvalue weighted by molar-refractivity contribution is 0.417. The van der Waals surface area contributed by atoms with Crippen LogP contribution in [-0.4, -0.2) is 10.1 Å². The van der Waals surface area contributed by atoms with Gasteiger partial charge >= 0.3 is 0 Å². The molecule has 0 radical (unpaired) electrons. The second kappa shape index (κ2) is 5.81. The van der Waals surface area contributed by atoms with Gasteiger partial charge in [-0.1, -0.05) is 23.7 Å². The van der Waals surface area contributed by atoms with Crippen molar-refractivity contribution in [3.8, 4) is 0 Å². The molecule has 0 aliphatic rings. The molecule has 0 aliphatic carbocycles. The Bertz CT molecular complexity index is 538. The molecule has 0 spiro atoms. The van der Waals surface area contributed by atoms with Crippen LogP contribution < -0.4 is 5.32 Å². The molecule has 0 aliphatic heterocycles. The topological polar surface area (TPSA) is 17.0 Å². The molecule has 0 unspecified atom stereocenters. The van der Waals surface area contributed by atoms with Gasteiger partial charge in [0.2, 0.25) is 0 Å². The molecule has 2 aromatic rings. The minimum atomic E-state index is 0.130. The van der Waals surface area contributed by atoms with Crippen LogP contribution in [0.4, 0.5) is 0 Å². The predicted molar refractivity (Wildman–Crippen MR) is 81.6 cm³/mol. The Morgan fingerprint density at radius 2 is 1.95 bits per heavy atom. The van der Waals surface area contributed by atoms with Crippen molar-refractivity contribution in [3.63, 3.8) is 0 Å². The zero-order chi connectivity index (χ0) is 13.9. The Morgan fingerprint density at radius 1 is 1.16 bits per heavy atom. The summed E-state index contributed by atoms with van der Waals surface area (Å²) in [6.45, 7) is 8.26. The minimum Gasteiger partial charge on any atom is -0.346 e. The van der Waals surface area contributed by atoms with Crippen LogP contribution in [0.3, 0.4) is 0 Å². The SMILES string of the molecule is CC(C)(C)NCc1cccn1Cc1cccc(Cl)c1. The van der Waals surface area contributed by atoms with Crippen molar-refractivity contribution in [2.45, 2.75) is 39.4 Å². The minimum absolute atomic E-state index is 0.130. The highest BCUT2D eigenvalue weighted by atomic mass is 35.5. The second-order valence-electron chi connectivity index (χ2n) is 5.86. The Morgan fingerprint density at radius 3 is 2.63 bits per heavy atom. The van der Waals surface area contributed by atoms with E-state index in [1.807, 2.05) is 18.2 Å². The third-order valence-corrected chi connectivity index (χ3v) is 3.20. The summed E-state index contributed by atoms with van der Waals surface area (Å²) in [6, 6.07) is 12.3. The molecule has 0 bridgehead atoms. The van der Waals surface area contributed by atoms with E-state index in [1.54, 1.807) is 0 Å². The van der Waals surface area contributed by atoms with Crippen LogP contribution in [0.1, 0.15) is 32.0 Å².